The molecule has 0 saturated heterocycles. The zero-order chi connectivity index (χ0) is 16.8. The van der Waals surface area contributed by atoms with Gasteiger partial charge in [-0.25, -0.2) is 0 Å². The Morgan fingerprint density at radius 2 is 1.79 bits per heavy atom. The Balaban J connectivity index is 1.92. The van der Waals surface area contributed by atoms with Crippen molar-refractivity contribution in [2.45, 2.75) is 24.8 Å². The fourth-order valence-corrected chi connectivity index (χ4v) is 4.40. The predicted octanol–water partition coefficient (Wildman–Crippen LogP) is 2.77. The van der Waals surface area contributed by atoms with E-state index >= 15 is 0 Å². The summed E-state index contributed by atoms with van der Waals surface area (Å²) in [5, 5.41) is 14.4. The van der Waals surface area contributed by atoms with E-state index in [4.69, 9.17) is 14.2 Å². The molecule has 0 radical (unpaired) electrons. The second-order valence-corrected chi connectivity index (χ2v) is 6.57. The topological polar surface area (TPSA) is 60.0 Å². The molecule has 0 amide bonds. The van der Waals surface area contributed by atoms with Crippen LogP contribution in [0, 0.1) is 5.92 Å². The molecule has 1 aromatic carbocycles. The molecule has 0 spiro atoms. The van der Waals surface area contributed by atoms with E-state index in [0.29, 0.717) is 5.75 Å². The Bertz CT molecular complexity index is 737. The highest BCUT2D eigenvalue weighted by Gasteiger charge is 2.41. The summed E-state index contributed by atoms with van der Waals surface area (Å²) >= 11 is 0. The molecule has 1 heterocycles. The lowest BCUT2D eigenvalue weighted by molar-refractivity contribution is 0.205. The molecule has 128 valence electrons. The van der Waals surface area contributed by atoms with Gasteiger partial charge in [-0.2, -0.15) is 0 Å². The standard InChI is InChI=1S/C19H23NO4/c1-22-14-8-11-6-13-17-10(4-5-20-13)7-16(24-3)19(21)18(17)12(11)9-15(14)23-2/h7-9,11-13,20-21H,4-6H2,1-3H3/t11?,12?,13-/m1/s1. The van der Waals surface area contributed by atoms with Gasteiger partial charge in [0.2, 0.25) is 0 Å². The van der Waals surface area contributed by atoms with Crippen LogP contribution in [0.5, 0.6) is 11.5 Å². The summed E-state index contributed by atoms with van der Waals surface area (Å²) in [4.78, 5) is 0. The van der Waals surface area contributed by atoms with Crippen LogP contribution in [0.3, 0.4) is 0 Å². The summed E-state index contributed by atoms with van der Waals surface area (Å²) in [5.41, 5.74) is 3.48. The van der Waals surface area contributed by atoms with Crippen LogP contribution in [0.1, 0.15) is 35.1 Å². The van der Waals surface area contributed by atoms with Gasteiger partial charge in [0, 0.05) is 17.5 Å². The number of nitrogens with one attached hydrogen (secondary N) is 1. The number of fused-ring (bicyclic) bond motifs is 2. The van der Waals surface area contributed by atoms with E-state index in [1.54, 1.807) is 21.3 Å². The second-order valence-electron chi connectivity index (χ2n) is 6.57. The van der Waals surface area contributed by atoms with Crippen molar-refractivity contribution in [3.63, 3.8) is 0 Å². The minimum absolute atomic E-state index is 0.0684. The molecule has 2 unspecified atom stereocenters. The van der Waals surface area contributed by atoms with Gasteiger partial charge in [0.05, 0.1) is 21.3 Å². The van der Waals surface area contributed by atoms with Crippen molar-refractivity contribution < 1.29 is 19.3 Å². The largest absolute Gasteiger partial charge is 0.504 e. The first-order valence-corrected chi connectivity index (χ1v) is 8.36. The quantitative estimate of drug-likeness (QED) is 0.893. The van der Waals surface area contributed by atoms with Crippen molar-refractivity contribution in [1.29, 1.82) is 0 Å². The Hall–Kier alpha value is -2.14. The number of hydrogen-bond donors (Lipinski definition) is 2. The Morgan fingerprint density at radius 3 is 2.50 bits per heavy atom. The summed E-state index contributed by atoms with van der Waals surface area (Å²) in [6, 6.07) is 2.25. The summed E-state index contributed by atoms with van der Waals surface area (Å²) in [7, 11) is 4.91. The van der Waals surface area contributed by atoms with Gasteiger partial charge < -0.3 is 24.6 Å². The van der Waals surface area contributed by atoms with Gasteiger partial charge in [-0.3, -0.25) is 0 Å². The summed E-state index contributed by atoms with van der Waals surface area (Å²) in [6.45, 7) is 0.947. The number of hydrogen-bond acceptors (Lipinski definition) is 5. The first kappa shape index (κ1) is 15.4. The molecule has 1 aliphatic heterocycles. The van der Waals surface area contributed by atoms with Gasteiger partial charge in [-0.1, -0.05) is 0 Å². The second kappa shape index (κ2) is 5.74. The normalized spacial score (nSPS) is 27.4. The Morgan fingerprint density at radius 1 is 1.04 bits per heavy atom. The molecule has 3 aliphatic rings. The van der Waals surface area contributed by atoms with Crippen LogP contribution in [-0.4, -0.2) is 33.0 Å². The molecule has 5 nitrogen and oxygen atoms in total. The molecule has 4 rings (SSSR count). The lowest BCUT2D eigenvalue weighted by Crippen LogP contribution is -2.37. The van der Waals surface area contributed by atoms with Crippen LogP contribution in [-0.2, 0) is 15.9 Å². The summed E-state index contributed by atoms with van der Waals surface area (Å²) in [6.07, 6.45) is 6.13. The highest BCUT2D eigenvalue weighted by Crippen LogP contribution is 2.53. The molecule has 0 aromatic heterocycles. The number of rotatable bonds is 3. The van der Waals surface area contributed by atoms with E-state index in [2.05, 4.69) is 17.5 Å². The van der Waals surface area contributed by atoms with Gasteiger partial charge in [0.1, 0.15) is 0 Å². The Labute approximate surface area is 141 Å². The van der Waals surface area contributed by atoms with Crippen LogP contribution in [0.25, 0.3) is 0 Å². The van der Waals surface area contributed by atoms with Gasteiger partial charge >= 0.3 is 0 Å². The van der Waals surface area contributed by atoms with Crippen LogP contribution >= 0.6 is 0 Å². The SMILES string of the molecule is COC1=CC2C[C@H]3NCCc4cc(OC)c(O)c(c43)C2C=C1OC. The smallest absolute Gasteiger partial charge is 0.161 e. The predicted molar refractivity (Wildman–Crippen MR) is 90.1 cm³/mol. The molecule has 3 atom stereocenters. The van der Waals surface area contributed by atoms with E-state index in [1.165, 1.54) is 11.1 Å². The first-order valence-electron chi connectivity index (χ1n) is 8.36. The number of phenolic OH excluding ortho intramolecular Hbond substituents is 1. The van der Waals surface area contributed by atoms with Crippen molar-refractivity contribution >= 4 is 0 Å². The molecule has 2 aliphatic carbocycles. The van der Waals surface area contributed by atoms with Crippen LogP contribution in [0.4, 0.5) is 0 Å². The van der Waals surface area contributed by atoms with Crippen LogP contribution in [0.2, 0.25) is 0 Å². The Kier molecular flexibility index (Phi) is 3.68. The third-order valence-electron chi connectivity index (χ3n) is 5.46. The molecular weight excluding hydrogens is 306 g/mol. The van der Waals surface area contributed by atoms with Crippen molar-refractivity contribution in [3.05, 3.63) is 46.4 Å². The number of aromatic hydroxyl groups is 1. The highest BCUT2D eigenvalue weighted by molar-refractivity contribution is 5.60. The van der Waals surface area contributed by atoms with Gasteiger partial charge in [0.15, 0.2) is 23.0 Å². The van der Waals surface area contributed by atoms with Gasteiger partial charge in [-0.05, 0) is 54.6 Å². The summed E-state index contributed by atoms with van der Waals surface area (Å²) in [5.74, 6) is 2.61. The van der Waals surface area contributed by atoms with Crippen molar-refractivity contribution in [3.8, 4) is 11.5 Å². The molecule has 1 aromatic rings. The van der Waals surface area contributed by atoms with E-state index in [1.807, 2.05) is 6.07 Å². The maximum atomic E-state index is 10.8. The van der Waals surface area contributed by atoms with Crippen LogP contribution < -0.4 is 10.1 Å². The number of ether oxygens (including phenoxy) is 3. The monoisotopic (exact) mass is 329 g/mol. The highest BCUT2D eigenvalue weighted by atomic mass is 16.5. The molecule has 0 bridgehead atoms. The minimum atomic E-state index is 0.0684. The zero-order valence-corrected chi connectivity index (χ0v) is 14.3. The fourth-order valence-electron chi connectivity index (χ4n) is 4.40. The van der Waals surface area contributed by atoms with Gasteiger partial charge in [0.25, 0.3) is 0 Å². The molecule has 5 heteroatoms. The average Bonchev–Trinajstić information content (AvgIpc) is 2.62. The minimum Gasteiger partial charge on any atom is -0.504 e. The average molecular weight is 329 g/mol. The maximum Gasteiger partial charge on any atom is 0.161 e. The van der Waals surface area contributed by atoms with Crippen molar-refractivity contribution in [2.24, 2.45) is 5.92 Å². The number of benzene rings is 1. The lowest BCUT2D eigenvalue weighted by atomic mass is 9.68. The van der Waals surface area contributed by atoms with E-state index in [0.717, 1.165) is 36.5 Å². The van der Waals surface area contributed by atoms with Crippen molar-refractivity contribution in [1.82, 2.24) is 5.32 Å². The fraction of sp³-hybridized carbons (Fsp3) is 0.474. The van der Waals surface area contributed by atoms with E-state index < -0.39 is 0 Å². The molecule has 2 N–H and O–H groups in total. The lowest BCUT2D eigenvalue weighted by Gasteiger charge is -2.42. The number of phenols is 1. The third kappa shape index (κ3) is 2.11. The molecular formula is C19H23NO4. The maximum absolute atomic E-state index is 10.8. The third-order valence-corrected chi connectivity index (χ3v) is 5.46. The first-order chi connectivity index (χ1) is 11.7. The van der Waals surface area contributed by atoms with Gasteiger partial charge in [-0.15, -0.1) is 0 Å². The molecule has 0 fully saturated rings. The molecule has 0 saturated carbocycles. The number of methoxy groups -OCH3 is 3. The summed E-state index contributed by atoms with van der Waals surface area (Å²) < 4.78 is 16.4. The van der Waals surface area contributed by atoms with Crippen molar-refractivity contribution in [2.75, 3.05) is 27.9 Å². The molecule has 24 heavy (non-hydrogen) atoms. The van der Waals surface area contributed by atoms with E-state index in [9.17, 15) is 5.11 Å². The zero-order valence-electron chi connectivity index (χ0n) is 14.3. The number of allylic oxidation sites excluding steroid dienone is 2. The van der Waals surface area contributed by atoms with E-state index in [-0.39, 0.29) is 23.6 Å². The van der Waals surface area contributed by atoms with Crippen LogP contribution in [0.15, 0.2) is 29.7 Å².